The topological polar surface area (TPSA) is 153 Å². The van der Waals surface area contributed by atoms with Gasteiger partial charge in [0.05, 0.1) is 21.9 Å². The predicted octanol–water partition coefficient (Wildman–Crippen LogP) is 10.8. The van der Waals surface area contributed by atoms with Gasteiger partial charge in [-0.2, -0.15) is 0 Å². The third kappa shape index (κ3) is 11.5. The van der Waals surface area contributed by atoms with Crippen LogP contribution in [-0.4, -0.2) is 92.5 Å². The Morgan fingerprint density at radius 2 is 1.56 bits per heavy atom. The van der Waals surface area contributed by atoms with Crippen molar-refractivity contribution >= 4 is 67.8 Å². The first-order valence-electron chi connectivity index (χ1n) is 22.1. The Labute approximate surface area is 396 Å². The van der Waals surface area contributed by atoms with E-state index in [2.05, 4.69) is 48.4 Å². The van der Waals surface area contributed by atoms with E-state index in [1.807, 2.05) is 99.9 Å². The van der Waals surface area contributed by atoms with E-state index in [0.29, 0.717) is 72.4 Å². The fraction of sp³-hybridized carbons (Fsp3) is 0.300. The van der Waals surface area contributed by atoms with Crippen molar-refractivity contribution in [1.82, 2.24) is 9.47 Å². The zero-order valence-corrected chi connectivity index (χ0v) is 40.0. The highest BCUT2D eigenvalue weighted by Crippen LogP contribution is 2.41. The van der Waals surface area contributed by atoms with Crippen LogP contribution in [0.1, 0.15) is 42.2 Å². The van der Waals surface area contributed by atoms with Crippen molar-refractivity contribution < 1.29 is 23.2 Å². The lowest BCUT2D eigenvalue weighted by Gasteiger charge is -2.37. The van der Waals surface area contributed by atoms with Crippen LogP contribution in [0.25, 0.3) is 22.4 Å². The Morgan fingerprint density at radius 1 is 0.879 bits per heavy atom. The van der Waals surface area contributed by atoms with Crippen molar-refractivity contribution in [3.8, 4) is 22.4 Å². The van der Waals surface area contributed by atoms with Crippen molar-refractivity contribution in [1.29, 1.82) is 0 Å². The fourth-order valence-corrected chi connectivity index (χ4v) is 10.7. The maximum absolute atomic E-state index is 14.1. The minimum Gasteiger partial charge on any atom is -0.478 e. The smallest absolute Gasteiger partial charge is 0.338 e. The van der Waals surface area contributed by atoms with Crippen LogP contribution in [0.15, 0.2) is 131 Å². The number of anilines is 4. The van der Waals surface area contributed by atoms with E-state index in [0.717, 1.165) is 58.5 Å². The van der Waals surface area contributed by atoms with Crippen LogP contribution >= 0.6 is 23.4 Å². The van der Waals surface area contributed by atoms with E-state index in [9.17, 15) is 28.4 Å². The standard InChI is InChI=1S/C50H56ClN7O6S2/c1-5-6-26-57-35(2)47(50(59)60)48(49(57)36-15-17-38(51)18-16-36)37-11-10-12-42(32-37)56-30-28-55(29-31-56)41-21-19-39(20-22-41)53-66(63,64)46-33-43(58(61)62)23-24-45(46)52-40(25-27-54(3)4)34-65-44-13-8-7-9-14-44/h7-24,32-33,40,52-53H,5-6,25-31,34H2,1-4H3,(H,59,60)/t40-/m1/s1. The van der Waals surface area contributed by atoms with Gasteiger partial charge in [-0.3, -0.25) is 14.8 Å². The molecule has 0 unspecified atom stereocenters. The summed E-state index contributed by atoms with van der Waals surface area (Å²) >= 11 is 7.94. The number of hydrogen-bond acceptors (Lipinski definition) is 10. The molecule has 7 rings (SSSR count). The molecule has 5 aromatic carbocycles. The molecule has 16 heteroatoms. The van der Waals surface area contributed by atoms with Gasteiger partial charge in [-0.15, -0.1) is 11.8 Å². The maximum Gasteiger partial charge on any atom is 0.338 e. The molecule has 0 saturated carbocycles. The number of carbonyl (C=O) groups is 1. The zero-order valence-electron chi connectivity index (χ0n) is 37.6. The molecule has 0 aliphatic carbocycles. The van der Waals surface area contributed by atoms with Crippen LogP contribution in [0.3, 0.4) is 0 Å². The SMILES string of the molecule is CCCCn1c(C)c(C(=O)O)c(-c2cccc(N3CCN(c4ccc(NS(=O)(=O)c5cc([N+](=O)[O-])ccc5N[C@H](CCN(C)C)CSc5ccccc5)cc4)CC3)c2)c1-c1ccc(Cl)cc1. The summed E-state index contributed by atoms with van der Waals surface area (Å²) in [5.74, 6) is -0.317. The highest BCUT2D eigenvalue weighted by atomic mass is 35.5. The molecule has 3 N–H and O–H groups in total. The number of aromatic nitrogens is 1. The lowest BCUT2D eigenvalue weighted by molar-refractivity contribution is -0.385. The minimum atomic E-state index is -4.27. The number of nitro groups is 1. The highest BCUT2D eigenvalue weighted by Gasteiger charge is 2.29. The first kappa shape index (κ1) is 47.9. The summed E-state index contributed by atoms with van der Waals surface area (Å²) in [4.78, 5) is 31.7. The number of nitrogens with zero attached hydrogens (tertiary/aromatic N) is 5. The summed E-state index contributed by atoms with van der Waals surface area (Å²) < 4.78 is 32.9. The third-order valence-electron chi connectivity index (χ3n) is 11.8. The lowest BCUT2D eigenvalue weighted by Crippen LogP contribution is -2.46. The quantitative estimate of drug-likeness (QED) is 0.0381. The zero-order chi connectivity index (χ0) is 47.0. The second-order valence-electron chi connectivity index (χ2n) is 16.7. The van der Waals surface area contributed by atoms with E-state index in [-0.39, 0.29) is 22.3 Å². The number of sulfonamides is 1. The molecule has 0 amide bonds. The molecule has 1 aromatic heterocycles. The molecule has 1 aliphatic rings. The van der Waals surface area contributed by atoms with E-state index >= 15 is 0 Å². The van der Waals surface area contributed by atoms with Crippen LogP contribution < -0.4 is 19.8 Å². The number of unbranched alkanes of at least 4 members (excludes halogenated alkanes) is 1. The van der Waals surface area contributed by atoms with Gasteiger partial charge in [0.2, 0.25) is 0 Å². The first-order chi connectivity index (χ1) is 31.7. The van der Waals surface area contributed by atoms with Crippen molar-refractivity contribution in [2.24, 2.45) is 0 Å². The van der Waals surface area contributed by atoms with Gasteiger partial charge in [0.15, 0.2) is 0 Å². The number of nitrogens with one attached hydrogen (secondary N) is 2. The molecule has 0 radical (unpaired) electrons. The van der Waals surface area contributed by atoms with Gasteiger partial charge in [-0.05, 0) is 118 Å². The molecule has 346 valence electrons. The number of hydrogen-bond donors (Lipinski definition) is 3. The van der Waals surface area contributed by atoms with Crippen LogP contribution in [0.2, 0.25) is 5.02 Å². The summed E-state index contributed by atoms with van der Waals surface area (Å²) in [6.45, 7) is 8.24. The normalized spacial score (nSPS) is 13.5. The number of benzene rings is 5. The molecule has 2 heterocycles. The van der Waals surface area contributed by atoms with E-state index in [4.69, 9.17) is 11.6 Å². The van der Waals surface area contributed by atoms with Gasteiger partial charge < -0.3 is 29.7 Å². The van der Waals surface area contributed by atoms with Crippen molar-refractivity contribution in [2.45, 2.75) is 55.5 Å². The minimum absolute atomic E-state index is 0.137. The van der Waals surface area contributed by atoms with Crippen molar-refractivity contribution in [3.63, 3.8) is 0 Å². The van der Waals surface area contributed by atoms with Gasteiger partial charge in [-0.1, -0.05) is 67.4 Å². The van der Waals surface area contributed by atoms with Crippen molar-refractivity contribution in [3.05, 3.63) is 148 Å². The Hall–Kier alpha value is -6.00. The van der Waals surface area contributed by atoms with Gasteiger partial charge in [-0.25, -0.2) is 13.2 Å². The number of halogens is 1. The number of carboxylic acids is 1. The Kier molecular flexibility index (Phi) is 15.6. The predicted molar refractivity (Wildman–Crippen MR) is 269 cm³/mol. The van der Waals surface area contributed by atoms with E-state index in [1.165, 1.54) is 12.1 Å². The molecule has 13 nitrogen and oxygen atoms in total. The van der Waals surface area contributed by atoms with E-state index < -0.39 is 20.9 Å². The first-order valence-corrected chi connectivity index (χ1v) is 24.9. The highest BCUT2D eigenvalue weighted by molar-refractivity contribution is 7.99. The Morgan fingerprint density at radius 3 is 2.20 bits per heavy atom. The molecule has 0 bridgehead atoms. The third-order valence-corrected chi connectivity index (χ3v) is 14.6. The molecule has 1 aliphatic heterocycles. The number of rotatable bonds is 20. The second kappa shape index (κ2) is 21.5. The fourth-order valence-electron chi connectivity index (χ4n) is 8.33. The average Bonchev–Trinajstić information content (AvgIpc) is 3.61. The van der Waals surface area contributed by atoms with Gasteiger partial charge in [0, 0.05) is 94.9 Å². The maximum atomic E-state index is 14.1. The van der Waals surface area contributed by atoms with Crippen LogP contribution in [0.5, 0.6) is 0 Å². The van der Waals surface area contributed by atoms with Crippen LogP contribution in [-0.2, 0) is 16.6 Å². The molecule has 0 spiro atoms. The summed E-state index contributed by atoms with van der Waals surface area (Å²) in [7, 11) is -0.312. The summed E-state index contributed by atoms with van der Waals surface area (Å²) in [6, 6.07) is 36.5. The second-order valence-corrected chi connectivity index (χ2v) is 19.9. The monoisotopic (exact) mass is 949 g/mol. The number of nitro benzene ring substituents is 1. The summed E-state index contributed by atoms with van der Waals surface area (Å²) in [5, 5.41) is 26.4. The number of piperazine rings is 1. The van der Waals surface area contributed by atoms with Gasteiger partial charge in [0.1, 0.15) is 4.90 Å². The van der Waals surface area contributed by atoms with Crippen LogP contribution in [0, 0.1) is 17.0 Å². The number of aromatic carboxylic acids is 1. The van der Waals surface area contributed by atoms with E-state index in [1.54, 1.807) is 23.9 Å². The molecular formula is C50H56ClN7O6S2. The molecule has 1 atom stereocenters. The molecule has 1 fully saturated rings. The molecular weight excluding hydrogens is 894 g/mol. The number of carboxylic acid groups (broad SMARTS) is 1. The van der Waals surface area contributed by atoms with Gasteiger partial charge in [0.25, 0.3) is 15.7 Å². The Balaban J connectivity index is 1.06. The number of non-ortho nitro benzene ring substituents is 1. The largest absolute Gasteiger partial charge is 0.478 e. The van der Waals surface area contributed by atoms with Crippen molar-refractivity contribution in [2.75, 3.05) is 72.4 Å². The van der Waals surface area contributed by atoms with Gasteiger partial charge >= 0.3 is 5.97 Å². The number of thioether (sulfide) groups is 1. The summed E-state index contributed by atoms with van der Waals surface area (Å²) in [6.07, 6.45) is 2.59. The Bertz CT molecular complexity index is 2740. The molecule has 1 saturated heterocycles. The molecule has 66 heavy (non-hydrogen) atoms. The molecule has 6 aromatic rings. The lowest BCUT2D eigenvalue weighted by atomic mass is 9.96. The van der Waals surface area contributed by atoms with Crippen LogP contribution in [0.4, 0.5) is 28.4 Å². The summed E-state index contributed by atoms with van der Waals surface area (Å²) in [5.41, 5.74) is 6.49. The average molecular weight is 951 g/mol.